The van der Waals surface area contributed by atoms with Gasteiger partial charge < -0.3 is 9.64 Å². The number of thiocarbonyl (C=S) groups is 1. The number of amides is 1. The number of carbonyl (C=O) groups is 2. The number of unbranched alkanes of at least 4 members (excludes halogenated alkanes) is 1. The van der Waals surface area contributed by atoms with Crippen LogP contribution in [0.2, 0.25) is 0 Å². The number of anilines is 1. The van der Waals surface area contributed by atoms with E-state index in [0.717, 1.165) is 25.7 Å². The Bertz CT molecular complexity index is 1230. The van der Waals surface area contributed by atoms with Crippen LogP contribution in [0.5, 0.6) is 0 Å². The molecule has 2 fully saturated rings. The third-order valence-electron chi connectivity index (χ3n) is 7.71. The lowest BCUT2D eigenvalue weighted by atomic mass is 9.95. The highest BCUT2D eigenvalue weighted by atomic mass is 32.2. The fraction of sp³-hybridized carbons (Fsp3) is 0.621. The number of esters is 1. The van der Waals surface area contributed by atoms with Gasteiger partial charge in [-0.15, -0.1) is 0 Å². The predicted molar refractivity (Wildman–Crippen MR) is 161 cm³/mol. The molecule has 1 amide bonds. The van der Waals surface area contributed by atoms with Gasteiger partial charge in [-0.2, -0.15) is 5.26 Å². The van der Waals surface area contributed by atoms with Gasteiger partial charge in [0.1, 0.15) is 21.8 Å². The van der Waals surface area contributed by atoms with Gasteiger partial charge in [-0.05, 0) is 57.6 Å². The Morgan fingerprint density at radius 2 is 1.92 bits per heavy atom. The van der Waals surface area contributed by atoms with E-state index in [1.54, 1.807) is 29.4 Å². The van der Waals surface area contributed by atoms with Crippen LogP contribution in [0.1, 0.15) is 82.9 Å². The van der Waals surface area contributed by atoms with E-state index in [0.29, 0.717) is 77.7 Å². The summed E-state index contributed by atoms with van der Waals surface area (Å²) >= 11 is 6.90. The number of hydrogen-bond donors (Lipinski definition) is 0. The number of aromatic nitrogens is 1. The van der Waals surface area contributed by atoms with E-state index < -0.39 is 0 Å². The fourth-order valence-electron chi connectivity index (χ4n) is 5.33. The second-order valence-corrected chi connectivity index (χ2v) is 11.8. The molecule has 10 heteroatoms. The van der Waals surface area contributed by atoms with Gasteiger partial charge in [0.2, 0.25) is 0 Å². The van der Waals surface area contributed by atoms with Gasteiger partial charge >= 0.3 is 5.97 Å². The van der Waals surface area contributed by atoms with E-state index in [1.807, 2.05) is 6.92 Å². The van der Waals surface area contributed by atoms with Gasteiger partial charge in [0.15, 0.2) is 0 Å². The van der Waals surface area contributed by atoms with Crippen molar-refractivity contribution >= 4 is 52.1 Å². The van der Waals surface area contributed by atoms with E-state index in [-0.39, 0.29) is 28.9 Å². The summed E-state index contributed by atoms with van der Waals surface area (Å²) in [6, 6.07) is 2.08. The standard InChI is InChI=1S/C29H40N4O4S2/c1-6-10-11-20(7-2)18-33-27(35)24(39-29(33)38)16-22-19(5)23(17-30)26(34)32(8-3)25(22)31-14-12-21(13-15-31)28(36)37-9-4/h16,20-21H,6-15,18H2,1-5H3/b24-16+. The number of nitrogens with zero attached hydrogens (tertiary/aromatic N) is 4. The molecule has 3 heterocycles. The summed E-state index contributed by atoms with van der Waals surface area (Å²) in [6.45, 7) is 12.2. The number of thioether (sulfide) groups is 1. The topological polar surface area (TPSA) is 95.6 Å². The van der Waals surface area contributed by atoms with Gasteiger partial charge in [-0.1, -0.05) is 57.1 Å². The van der Waals surface area contributed by atoms with Crippen molar-refractivity contribution in [3.05, 3.63) is 31.9 Å². The molecule has 0 saturated carbocycles. The summed E-state index contributed by atoms with van der Waals surface area (Å²) in [5, 5.41) is 9.84. The van der Waals surface area contributed by atoms with Crippen LogP contribution in [0.15, 0.2) is 9.70 Å². The number of piperidine rings is 1. The molecule has 1 atom stereocenters. The number of ether oxygens (including phenoxy) is 1. The zero-order chi connectivity index (χ0) is 28.7. The number of rotatable bonds is 11. The Morgan fingerprint density at radius 1 is 1.23 bits per heavy atom. The molecule has 39 heavy (non-hydrogen) atoms. The summed E-state index contributed by atoms with van der Waals surface area (Å²) in [6.07, 6.45) is 7.29. The van der Waals surface area contributed by atoms with Crippen LogP contribution in [-0.4, -0.2) is 51.9 Å². The summed E-state index contributed by atoms with van der Waals surface area (Å²) in [5.74, 6) is 0.577. The molecule has 0 aromatic carbocycles. The van der Waals surface area contributed by atoms with Gasteiger partial charge in [-0.3, -0.25) is 23.9 Å². The lowest BCUT2D eigenvalue weighted by molar-refractivity contribution is -0.148. The first-order valence-electron chi connectivity index (χ1n) is 14.1. The summed E-state index contributed by atoms with van der Waals surface area (Å²) in [7, 11) is 0. The minimum Gasteiger partial charge on any atom is -0.466 e. The van der Waals surface area contributed by atoms with Crippen LogP contribution >= 0.6 is 24.0 Å². The van der Waals surface area contributed by atoms with Crippen molar-refractivity contribution in [2.45, 2.75) is 79.7 Å². The van der Waals surface area contributed by atoms with Crippen molar-refractivity contribution < 1.29 is 14.3 Å². The maximum Gasteiger partial charge on any atom is 0.309 e. The number of nitriles is 1. The molecule has 2 saturated heterocycles. The van der Waals surface area contributed by atoms with E-state index >= 15 is 0 Å². The number of carbonyl (C=O) groups excluding carboxylic acids is 2. The zero-order valence-electron chi connectivity index (χ0n) is 23.7. The lowest BCUT2D eigenvalue weighted by Crippen LogP contribution is -2.41. The Labute approximate surface area is 241 Å². The van der Waals surface area contributed by atoms with Crippen molar-refractivity contribution in [3.63, 3.8) is 0 Å². The largest absolute Gasteiger partial charge is 0.466 e. The minimum absolute atomic E-state index is 0.0781. The molecule has 2 aliphatic heterocycles. The molecular weight excluding hydrogens is 532 g/mol. The first kappa shape index (κ1) is 30.9. The van der Waals surface area contributed by atoms with Crippen molar-refractivity contribution in [1.82, 2.24) is 9.47 Å². The Balaban J connectivity index is 2.02. The van der Waals surface area contributed by atoms with Crippen LogP contribution in [0, 0.1) is 30.1 Å². The Kier molecular flexibility index (Phi) is 11.2. The molecule has 0 spiro atoms. The van der Waals surface area contributed by atoms with E-state index in [9.17, 15) is 19.6 Å². The van der Waals surface area contributed by atoms with Gasteiger partial charge in [0, 0.05) is 31.7 Å². The Hall–Kier alpha value is -2.64. The molecular formula is C29H40N4O4S2. The highest BCUT2D eigenvalue weighted by Crippen LogP contribution is 2.37. The SMILES string of the molecule is CCCCC(CC)CN1C(=O)/C(=C\c2c(C)c(C#N)c(=O)n(CC)c2N2CCC(C(=O)OCC)CC2)SC1=S. The van der Waals surface area contributed by atoms with Crippen molar-refractivity contribution in [2.24, 2.45) is 11.8 Å². The molecule has 3 rings (SSSR count). The monoisotopic (exact) mass is 572 g/mol. The molecule has 2 aliphatic rings. The maximum atomic E-state index is 13.6. The highest BCUT2D eigenvalue weighted by Gasteiger charge is 2.35. The molecule has 1 aromatic rings. The first-order chi connectivity index (χ1) is 18.7. The second-order valence-electron chi connectivity index (χ2n) is 10.1. The van der Waals surface area contributed by atoms with Gasteiger partial charge in [0.25, 0.3) is 11.5 Å². The van der Waals surface area contributed by atoms with Crippen LogP contribution in [0.4, 0.5) is 5.82 Å². The van der Waals surface area contributed by atoms with E-state index in [4.69, 9.17) is 17.0 Å². The van der Waals surface area contributed by atoms with Crippen LogP contribution < -0.4 is 10.5 Å². The maximum absolute atomic E-state index is 13.6. The molecule has 1 unspecified atom stereocenters. The molecule has 0 aliphatic carbocycles. The molecule has 0 N–H and O–H groups in total. The quantitative estimate of drug-likeness (QED) is 0.202. The molecule has 1 aromatic heterocycles. The first-order valence-corrected chi connectivity index (χ1v) is 15.3. The lowest BCUT2D eigenvalue weighted by Gasteiger charge is -2.35. The smallest absolute Gasteiger partial charge is 0.309 e. The summed E-state index contributed by atoms with van der Waals surface area (Å²) in [4.78, 5) is 43.5. The second kappa shape index (κ2) is 14.1. The molecule has 0 radical (unpaired) electrons. The third kappa shape index (κ3) is 6.75. The van der Waals surface area contributed by atoms with Crippen LogP contribution in [0.3, 0.4) is 0 Å². The van der Waals surface area contributed by atoms with E-state index in [2.05, 4.69) is 24.8 Å². The number of hydrogen-bond acceptors (Lipinski definition) is 8. The zero-order valence-corrected chi connectivity index (χ0v) is 25.4. The molecule has 8 nitrogen and oxygen atoms in total. The third-order valence-corrected chi connectivity index (χ3v) is 9.09. The van der Waals surface area contributed by atoms with Crippen LogP contribution in [-0.2, 0) is 20.9 Å². The van der Waals surface area contributed by atoms with Crippen molar-refractivity contribution in [1.29, 1.82) is 5.26 Å². The molecule has 0 bridgehead atoms. The average molecular weight is 573 g/mol. The van der Waals surface area contributed by atoms with Gasteiger partial charge in [-0.25, -0.2) is 0 Å². The minimum atomic E-state index is -0.341. The summed E-state index contributed by atoms with van der Waals surface area (Å²) in [5.41, 5.74) is 0.969. The Morgan fingerprint density at radius 3 is 2.49 bits per heavy atom. The van der Waals surface area contributed by atoms with Crippen molar-refractivity contribution in [2.75, 3.05) is 31.1 Å². The van der Waals surface area contributed by atoms with Crippen LogP contribution in [0.25, 0.3) is 6.08 Å². The molecule has 212 valence electrons. The predicted octanol–water partition coefficient (Wildman–Crippen LogP) is 5.25. The fourth-order valence-corrected chi connectivity index (χ4v) is 6.59. The van der Waals surface area contributed by atoms with E-state index in [1.165, 1.54) is 11.8 Å². The highest BCUT2D eigenvalue weighted by molar-refractivity contribution is 8.26. The average Bonchev–Trinajstić information content (AvgIpc) is 3.19. The summed E-state index contributed by atoms with van der Waals surface area (Å²) < 4.78 is 7.38. The number of pyridine rings is 1. The normalized spacial score (nSPS) is 18.1. The van der Waals surface area contributed by atoms with Gasteiger partial charge in [0.05, 0.1) is 17.4 Å². The van der Waals surface area contributed by atoms with Crippen molar-refractivity contribution in [3.8, 4) is 6.07 Å².